The van der Waals surface area contributed by atoms with Gasteiger partial charge >= 0.3 is 12.0 Å². The number of anilines is 1. The summed E-state index contributed by atoms with van der Waals surface area (Å²) in [6.45, 7) is 3.08. The molecule has 1 heterocycles. The van der Waals surface area contributed by atoms with Crippen molar-refractivity contribution in [2.45, 2.75) is 26.2 Å². The van der Waals surface area contributed by atoms with E-state index in [1.54, 1.807) is 36.3 Å². The van der Waals surface area contributed by atoms with E-state index < -0.39 is 5.41 Å². The lowest BCUT2D eigenvalue weighted by Crippen LogP contribution is -2.52. The summed E-state index contributed by atoms with van der Waals surface area (Å²) in [6.07, 6.45) is 2.01. The van der Waals surface area contributed by atoms with Gasteiger partial charge in [-0.2, -0.15) is 0 Å². The molecule has 6 nitrogen and oxygen atoms in total. The number of esters is 1. The highest BCUT2D eigenvalue weighted by Gasteiger charge is 2.44. The number of benzene rings is 2. The van der Waals surface area contributed by atoms with Gasteiger partial charge in [0, 0.05) is 18.8 Å². The van der Waals surface area contributed by atoms with Crippen molar-refractivity contribution < 1.29 is 19.1 Å². The van der Waals surface area contributed by atoms with Crippen molar-refractivity contribution in [2.75, 3.05) is 32.1 Å². The maximum atomic E-state index is 12.9. The van der Waals surface area contributed by atoms with E-state index in [1.165, 1.54) is 0 Å². The van der Waals surface area contributed by atoms with E-state index in [0.29, 0.717) is 38.2 Å². The highest BCUT2D eigenvalue weighted by molar-refractivity contribution is 5.90. The molecule has 0 aromatic heterocycles. The Bertz CT molecular complexity index is 823. The molecule has 1 fully saturated rings. The first-order valence-electron chi connectivity index (χ1n) is 9.97. The summed E-state index contributed by atoms with van der Waals surface area (Å²) in [4.78, 5) is 27.5. The molecular formula is C23H28N2O4. The Labute approximate surface area is 171 Å². The topological polar surface area (TPSA) is 67.9 Å². The first kappa shape index (κ1) is 20.7. The molecule has 154 valence electrons. The highest BCUT2D eigenvalue weighted by atomic mass is 16.5. The van der Waals surface area contributed by atoms with Gasteiger partial charge in [-0.3, -0.25) is 4.79 Å². The molecule has 1 saturated heterocycles. The smallest absolute Gasteiger partial charge is 0.321 e. The summed E-state index contributed by atoms with van der Waals surface area (Å²) in [7, 11) is 1.60. The monoisotopic (exact) mass is 396 g/mol. The lowest BCUT2D eigenvalue weighted by Gasteiger charge is -2.41. The fourth-order valence-corrected chi connectivity index (χ4v) is 3.84. The molecule has 0 aliphatic carbocycles. The van der Waals surface area contributed by atoms with Crippen LogP contribution in [-0.4, -0.2) is 43.7 Å². The third-order valence-corrected chi connectivity index (χ3v) is 5.30. The van der Waals surface area contributed by atoms with Gasteiger partial charge in [-0.15, -0.1) is 0 Å². The number of piperidine rings is 1. The molecule has 2 amide bonds. The summed E-state index contributed by atoms with van der Waals surface area (Å²) < 4.78 is 10.6. The molecule has 2 aromatic rings. The minimum Gasteiger partial charge on any atom is -0.497 e. The second-order valence-corrected chi connectivity index (χ2v) is 7.35. The van der Waals surface area contributed by atoms with Gasteiger partial charge in [0.25, 0.3) is 0 Å². The zero-order chi connectivity index (χ0) is 20.7. The Morgan fingerprint density at radius 3 is 2.48 bits per heavy atom. The Morgan fingerprint density at radius 2 is 1.83 bits per heavy atom. The SMILES string of the molecule is CCOC(=O)C1(Cc2ccccc2)CCCN(C(=O)Nc2ccc(OC)cc2)C1. The van der Waals surface area contributed by atoms with E-state index in [4.69, 9.17) is 9.47 Å². The van der Waals surface area contributed by atoms with Crippen LogP contribution in [0.3, 0.4) is 0 Å². The summed E-state index contributed by atoms with van der Waals surface area (Å²) in [5, 5.41) is 2.91. The molecule has 2 aromatic carbocycles. The minimum absolute atomic E-state index is 0.211. The van der Waals surface area contributed by atoms with Crippen molar-refractivity contribution in [3.8, 4) is 5.75 Å². The van der Waals surface area contributed by atoms with Crippen molar-refractivity contribution in [3.63, 3.8) is 0 Å². The zero-order valence-corrected chi connectivity index (χ0v) is 17.0. The Hall–Kier alpha value is -3.02. The number of carbonyl (C=O) groups excluding carboxylic acids is 2. The lowest BCUT2D eigenvalue weighted by atomic mass is 9.75. The molecule has 0 spiro atoms. The van der Waals surface area contributed by atoms with Crippen LogP contribution in [0.2, 0.25) is 0 Å². The Kier molecular flexibility index (Phi) is 6.75. The van der Waals surface area contributed by atoms with Crippen LogP contribution in [0.4, 0.5) is 10.5 Å². The summed E-state index contributed by atoms with van der Waals surface area (Å²) >= 11 is 0. The van der Waals surface area contributed by atoms with Crippen LogP contribution >= 0.6 is 0 Å². The molecule has 6 heteroatoms. The fourth-order valence-electron chi connectivity index (χ4n) is 3.84. The normalized spacial score (nSPS) is 18.8. The molecule has 1 atom stereocenters. The quantitative estimate of drug-likeness (QED) is 0.746. The van der Waals surface area contributed by atoms with Crippen LogP contribution in [0.1, 0.15) is 25.3 Å². The third-order valence-electron chi connectivity index (χ3n) is 5.30. The van der Waals surface area contributed by atoms with Crippen molar-refractivity contribution in [1.29, 1.82) is 0 Å². The van der Waals surface area contributed by atoms with Crippen LogP contribution in [0.5, 0.6) is 5.75 Å². The predicted molar refractivity (Wildman–Crippen MR) is 112 cm³/mol. The van der Waals surface area contributed by atoms with E-state index in [9.17, 15) is 9.59 Å². The average Bonchev–Trinajstić information content (AvgIpc) is 2.75. The molecule has 1 unspecified atom stereocenters. The first-order valence-corrected chi connectivity index (χ1v) is 9.97. The standard InChI is InChI=1S/C23H28N2O4/c1-3-29-21(26)23(16-18-8-5-4-6-9-18)14-7-15-25(17-23)22(27)24-19-10-12-20(28-2)13-11-19/h4-6,8-13H,3,7,14-17H2,1-2H3,(H,24,27). The zero-order valence-electron chi connectivity index (χ0n) is 17.0. The maximum Gasteiger partial charge on any atom is 0.321 e. The molecule has 0 bridgehead atoms. The number of rotatable bonds is 6. The molecule has 3 rings (SSSR count). The number of ether oxygens (including phenoxy) is 2. The van der Waals surface area contributed by atoms with Crippen LogP contribution in [0.15, 0.2) is 54.6 Å². The molecule has 0 radical (unpaired) electrons. The van der Waals surface area contributed by atoms with E-state index in [0.717, 1.165) is 17.7 Å². The molecule has 1 aliphatic heterocycles. The van der Waals surface area contributed by atoms with Crippen molar-refractivity contribution in [3.05, 3.63) is 60.2 Å². The summed E-state index contributed by atoms with van der Waals surface area (Å²) in [5.74, 6) is 0.496. The minimum atomic E-state index is -0.729. The van der Waals surface area contributed by atoms with Crippen LogP contribution in [0.25, 0.3) is 0 Å². The number of likely N-dealkylation sites (tertiary alicyclic amines) is 1. The largest absolute Gasteiger partial charge is 0.497 e. The van der Waals surface area contributed by atoms with Gasteiger partial charge in [-0.25, -0.2) is 4.79 Å². The molecule has 1 aliphatic rings. The van der Waals surface area contributed by atoms with E-state index in [-0.39, 0.29) is 12.0 Å². The van der Waals surface area contributed by atoms with Crippen LogP contribution in [-0.2, 0) is 16.0 Å². The molecule has 29 heavy (non-hydrogen) atoms. The molecule has 0 saturated carbocycles. The Balaban J connectivity index is 1.76. The number of hydrogen-bond donors (Lipinski definition) is 1. The molecular weight excluding hydrogens is 368 g/mol. The van der Waals surface area contributed by atoms with Gasteiger partial charge in [0.15, 0.2) is 0 Å². The van der Waals surface area contributed by atoms with Gasteiger partial charge in [-0.05, 0) is 56.0 Å². The van der Waals surface area contributed by atoms with Gasteiger partial charge in [0.1, 0.15) is 5.75 Å². The van der Waals surface area contributed by atoms with Gasteiger partial charge in [0.05, 0.1) is 19.1 Å². The van der Waals surface area contributed by atoms with Crippen molar-refractivity contribution >= 4 is 17.7 Å². The maximum absolute atomic E-state index is 12.9. The number of amides is 2. The number of hydrogen-bond acceptors (Lipinski definition) is 4. The summed E-state index contributed by atoms with van der Waals surface area (Å²) in [6, 6.07) is 16.9. The Morgan fingerprint density at radius 1 is 1.10 bits per heavy atom. The fraction of sp³-hybridized carbons (Fsp3) is 0.391. The highest BCUT2D eigenvalue weighted by Crippen LogP contribution is 2.35. The van der Waals surface area contributed by atoms with Gasteiger partial charge < -0.3 is 19.7 Å². The van der Waals surface area contributed by atoms with E-state index in [2.05, 4.69) is 5.32 Å². The van der Waals surface area contributed by atoms with E-state index >= 15 is 0 Å². The van der Waals surface area contributed by atoms with Crippen molar-refractivity contribution in [1.82, 2.24) is 4.90 Å². The van der Waals surface area contributed by atoms with Gasteiger partial charge in [0.2, 0.25) is 0 Å². The predicted octanol–water partition coefficient (Wildman–Crippen LogP) is 4.12. The van der Waals surface area contributed by atoms with E-state index in [1.807, 2.05) is 37.3 Å². The lowest BCUT2D eigenvalue weighted by molar-refractivity contribution is -0.158. The average molecular weight is 396 g/mol. The molecule has 1 N–H and O–H groups in total. The number of nitrogens with zero attached hydrogens (tertiary/aromatic N) is 1. The van der Waals surface area contributed by atoms with Crippen LogP contribution in [0, 0.1) is 5.41 Å². The summed E-state index contributed by atoms with van der Waals surface area (Å²) in [5.41, 5.74) is 1.02. The van der Waals surface area contributed by atoms with Gasteiger partial charge in [-0.1, -0.05) is 30.3 Å². The first-order chi connectivity index (χ1) is 14.1. The second-order valence-electron chi connectivity index (χ2n) is 7.35. The number of nitrogens with one attached hydrogen (secondary N) is 1. The van der Waals surface area contributed by atoms with Crippen molar-refractivity contribution in [2.24, 2.45) is 5.41 Å². The second kappa shape index (κ2) is 9.45. The number of methoxy groups -OCH3 is 1. The number of carbonyl (C=O) groups is 2. The third kappa shape index (κ3) is 5.08. The number of urea groups is 1. The van der Waals surface area contributed by atoms with Crippen LogP contribution < -0.4 is 10.1 Å².